The molecule has 2 aromatic carbocycles. The zero-order valence-corrected chi connectivity index (χ0v) is 15.3. The van der Waals surface area contributed by atoms with Gasteiger partial charge < -0.3 is 0 Å². The van der Waals surface area contributed by atoms with Gasteiger partial charge in [-0.2, -0.15) is 0 Å². The number of benzene rings is 2. The Balaban J connectivity index is 1.85. The molecule has 1 aliphatic carbocycles. The van der Waals surface area contributed by atoms with Crippen LogP contribution in [0.3, 0.4) is 0 Å². The van der Waals surface area contributed by atoms with Crippen molar-refractivity contribution in [3.63, 3.8) is 0 Å². The summed E-state index contributed by atoms with van der Waals surface area (Å²) in [7, 11) is 0. The highest BCUT2D eigenvalue weighted by atomic mass is 32.1. The molecule has 2 aromatic heterocycles. The Labute approximate surface area is 158 Å². The number of hydrogen-bond donors (Lipinski definition) is 0. The van der Waals surface area contributed by atoms with Gasteiger partial charge in [0.25, 0.3) is 0 Å². The van der Waals surface area contributed by atoms with Crippen molar-refractivity contribution >= 4 is 11.3 Å². The molecule has 0 saturated heterocycles. The van der Waals surface area contributed by atoms with E-state index in [1.165, 1.54) is 44.8 Å². The van der Waals surface area contributed by atoms with Gasteiger partial charge in [-0.15, -0.1) is 11.3 Å². The molecule has 0 aliphatic heterocycles. The molecule has 0 N–H and O–H groups in total. The third-order valence-corrected chi connectivity index (χ3v) is 6.01. The van der Waals surface area contributed by atoms with Gasteiger partial charge in [-0.1, -0.05) is 66.7 Å². The molecule has 2 heterocycles. The van der Waals surface area contributed by atoms with Gasteiger partial charge in [0.2, 0.25) is 0 Å². The maximum Gasteiger partial charge on any atom is 0.0844 e. The molecule has 0 atom stereocenters. The molecular formula is C24H19NS. The van der Waals surface area contributed by atoms with Crippen LogP contribution in [-0.2, 0) is 12.8 Å². The molecule has 0 bridgehead atoms. The monoisotopic (exact) mass is 353 g/mol. The van der Waals surface area contributed by atoms with Crippen LogP contribution in [0.25, 0.3) is 33.0 Å². The van der Waals surface area contributed by atoms with Crippen molar-refractivity contribution in [2.24, 2.45) is 0 Å². The molecule has 0 radical (unpaired) electrons. The molecular weight excluding hydrogens is 334 g/mol. The van der Waals surface area contributed by atoms with E-state index in [-0.39, 0.29) is 0 Å². The molecule has 1 aliphatic rings. The standard InChI is InChI=1S/C24H19NS/c1-3-9-17(10-4-1)22-19-13-7-14-20(19)24(21-15-8-16-26-21)25-23(22)18-11-5-2-6-12-18/h1-6,8-12,15-16H,7,13-14H2. The molecule has 1 nitrogen and oxygen atoms in total. The maximum absolute atomic E-state index is 5.24. The first-order valence-corrected chi connectivity index (χ1v) is 10.0. The molecule has 0 spiro atoms. The van der Waals surface area contributed by atoms with E-state index in [9.17, 15) is 0 Å². The highest BCUT2D eigenvalue weighted by Gasteiger charge is 2.25. The number of hydrogen-bond acceptors (Lipinski definition) is 2. The Kier molecular flexibility index (Phi) is 3.91. The molecule has 0 saturated carbocycles. The Morgan fingerprint density at radius 1 is 0.654 bits per heavy atom. The van der Waals surface area contributed by atoms with Crippen LogP contribution in [-0.4, -0.2) is 4.98 Å². The van der Waals surface area contributed by atoms with Crippen LogP contribution in [0.15, 0.2) is 78.2 Å². The minimum Gasteiger partial charge on any atom is -0.246 e. The van der Waals surface area contributed by atoms with Crippen LogP contribution in [0.4, 0.5) is 0 Å². The summed E-state index contributed by atoms with van der Waals surface area (Å²) in [5.74, 6) is 0. The Morgan fingerprint density at radius 3 is 2.04 bits per heavy atom. The van der Waals surface area contributed by atoms with Gasteiger partial charge >= 0.3 is 0 Å². The molecule has 0 fully saturated rings. The zero-order chi connectivity index (χ0) is 17.3. The maximum atomic E-state index is 5.24. The van der Waals surface area contributed by atoms with E-state index in [1.807, 2.05) is 0 Å². The smallest absolute Gasteiger partial charge is 0.0844 e. The van der Waals surface area contributed by atoms with Crippen LogP contribution in [0.1, 0.15) is 17.5 Å². The Hall–Kier alpha value is -2.71. The fraction of sp³-hybridized carbons (Fsp3) is 0.125. The molecule has 0 unspecified atom stereocenters. The molecule has 126 valence electrons. The summed E-state index contributed by atoms with van der Waals surface area (Å²) in [6.45, 7) is 0. The summed E-state index contributed by atoms with van der Waals surface area (Å²) in [5, 5.41) is 2.14. The zero-order valence-electron chi connectivity index (χ0n) is 14.5. The van der Waals surface area contributed by atoms with Crippen molar-refractivity contribution in [3.8, 4) is 33.0 Å². The third kappa shape index (κ3) is 2.58. The van der Waals surface area contributed by atoms with Crippen molar-refractivity contribution in [2.75, 3.05) is 0 Å². The van der Waals surface area contributed by atoms with Crippen molar-refractivity contribution in [1.82, 2.24) is 4.98 Å². The van der Waals surface area contributed by atoms with Gasteiger partial charge in [0.15, 0.2) is 0 Å². The number of nitrogens with zero attached hydrogens (tertiary/aromatic N) is 1. The highest BCUT2D eigenvalue weighted by Crippen LogP contribution is 2.43. The van der Waals surface area contributed by atoms with Crippen LogP contribution < -0.4 is 0 Å². The van der Waals surface area contributed by atoms with Crippen LogP contribution in [0, 0.1) is 0 Å². The average Bonchev–Trinajstić information content (AvgIpc) is 3.40. The van der Waals surface area contributed by atoms with Gasteiger partial charge in [0.05, 0.1) is 16.3 Å². The Bertz CT molecular complexity index is 1030. The lowest BCUT2D eigenvalue weighted by molar-refractivity contribution is 0.912. The number of rotatable bonds is 3. The minimum atomic E-state index is 1.11. The predicted octanol–water partition coefficient (Wildman–Crippen LogP) is 6.63. The van der Waals surface area contributed by atoms with Gasteiger partial charge in [0.1, 0.15) is 0 Å². The summed E-state index contributed by atoms with van der Waals surface area (Å²) in [4.78, 5) is 6.52. The van der Waals surface area contributed by atoms with E-state index in [2.05, 4.69) is 78.2 Å². The molecule has 5 rings (SSSR count). The van der Waals surface area contributed by atoms with Gasteiger partial charge in [-0.3, -0.25) is 0 Å². The van der Waals surface area contributed by atoms with E-state index in [1.54, 1.807) is 11.3 Å². The molecule has 4 aromatic rings. The number of fused-ring (bicyclic) bond motifs is 1. The van der Waals surface area contributed by atoms with Crippen LogP contribution >= 0.6 is 11.3 Å². The number of pyridine rings is 1. The predicted molar refractivity (Wildman–Crippen MR) is 110 cm³/mol. The fourth-order valence-electron chi connectivity index (χ4n) is 4.00. The summed E-state index contributed by atoms with van der Waals surface area (Å²) < 4.78 is 0. The van der Waals surface area contributed by atoms with Crippen LogP contribution in [0.2, 0.25) is 0 Å². The lowest BCUT2D eigenvalue weighted by atomic mass is 9.91. The van der Waals surface area contributed by atoms with Gasteiger partial charge in [0, 0.05) is 11.1 Å². The van der Waals surface area contributed by atoms with Gasteiger partial charge in [-0.05, 0) is 47.4 Å². The van der Waals surface area contributed by atoms with E-state index in [0.29, 0.717) is 0 Å². The number of aromatic nitrogens is 1. The quantitative estimate of drug-likeness (QED) is 0.403. The van der Waals surface area contributed by atoms with Crippen molar-refractivity contribution in [2.45, 2.75) is 19.3 Å². The van der Waals surface area contributed by atoms with Crippen molar-refractivity contribution < 1.29 is 0 Å². The van der Waals surface area contributed by atoms with Crippen LogP contribution in [0.5, 0.6) is 0 Å². The van der Waals surface area contributed by atoms with Crippen molar-refractivity contribution in [3.05, 3.63) is 89.3 Å². The third-order valence-electron chi connectivity index (χ3n) is 5.13. The first-order valence-electron chi connectivity index (χ1n) is 9.12. The first kappa shape index (κ1) is 15.5. The van der Waals surface area contributed by atoms with E-state index in [4.69, 9.17) is 4.98 Å². The first-order chi connectivity index (χ1) is 12.9. The topological polar surface area (TPSA) is 12.9 Å². The SMILES string of the molecule is c1ccc(-c2nc(-c3cccs3)c3c(c2-c2ccccc2)CCC3)cc1. The summed E-state index contributed by atoms with van der Waals surface area (Å²) in [6.07, 6.45) is 3.48. The fourth-order valence-corrected chi connectivity index (χ4v) is 4.74. The number of thiophene rings is 1. The summed E-state index contributed by atoms with van der Waals surface area (Å²) >= 11 is 1.79. The highest BCUT2D eigenvalue weighted by molar-refractivity contribution is 7.13. The van der Waals surface area contributed by atoms with E-state index >= 15 is 0 Å². The van der Waals surface area contributed by atoms with Gasteiger partial charge in [-0.25, -0.2) is 4.98 Å². The van der Waals surface area contributed by atoms with E-state index < -0.39 is 0 Å². The molecule has 26 heavy (non-hydrogen) atoms. The second-order valence-corrected chi connectivity index (χ2v) is 7.65. The lowest BCUT2D eigenvalue weighted by Gasteiger charge is -2.17. The summed E-state index contributed by atoms with van der Waals surface area (Å²) in [5.41, 5.74) is 9.03. The summed E-state index contributed by atoms with van der Waals surface area (Å²) in [6, 6.07) is 25.7. The lowest BCUT2D eigenvalue weighted by Crippen LogP contribution is -2.00. The normalized spacial score (nSPS) is 12.9. The minimum absolute atomic E-state index is 1.11. The Morgan fingerprint density at radius 2 is 1.35 bits per heavy atom. The van der Waals surface area contributed by atoms with Crippen molar-refractivity contribution in [1.29, 1.82) is 0 Å². The largest absolute Gasteiger partial charge is 0.246 e. The molecule has 2 heteroatoms. The van der Waals surface area contributed by atoms with E-state index in [0.717, 1.165) is 18.5 Å². The second kappa shape index (κ2) is 6.54. The molecule has 0 amide bonds. The second-order valence-electron chi connectivity index (χ2n) is 6.70. The average molecular weight is 353 g/mol.